The van der Waals surface area contributed by atoms with E-state index in [0.717, 1.165) is 24.1 Å². The average Bonchev–Trinajstić information content (AvgIpc) is 3.46. The first-order valence-electron chi connectivity index (χ1n) is 10.1. The number of anilines is 1. The third kappa shape index (κ3) is 3.32. The Balaban J connectivity index is 1.76. The van der Waals surface area contributed by atoms with Crippen molar-refractivity contribution in [3.63, 3.8) is 0 Å². The molecule has 0 amide bonds. The zero-order valence-electron chi connectivity index (χ0n) is 16.8. The smallest absolute Gasteiger partial charge is 0.350 e. The van der Waals surface area contributed by atoms with E-state index >= 15 is 0 Å². The van der Waals surface area contributed by atoms with Gasteiger partial charge in [0.2, 0.25) is 0 Å². The predicted octanol–water partition coefficient (Wildman–Crippen LogP) is 0.658. The lowest BCUT2D eigenvalue weighted by Gasteiger charge is -2.24. The molecule has 8 nitrogen and oxygen atoms in total. The van der Waals surface area contributed by atoms with Crippen molar-refractivity contribution in [2.24, 2.45) is 11.7 Å². The first kappa shape index (κ1) is 19.9. The van der Waals surface area contributed by atoms with Crippen LogP contribution in [-0.2, 0) is 4.74 Å². The molecule has 158 valence electrons. The van der Waals surface area contributed by atoms with E-state index in [0.29, 0.717) is 35.3 Å². The van der Waals surface area contributed by atoms with E-state index in [9.17, 15) is 14.0 Å². The quantitative estimate of drug-likeness (QED) is 0.684. The number of alkyl halides is 1. The van der Waals surface area contributed by atoms with Crippen molar-refractivity contribution in [3.8, 4) is 0 Å². The third-order valence-electron chi connectivity index (χ3n) is 6.11. The lowest BCUT2D eigenvalue weighted by atomic mass is 9.99. The molecule has 4 rings (SSSR count). The second kappa shape index (κ2) is 7.46. The molecule has 1 aromatic heterocycles. The Kier molecular flexibility index (Phi) is 5.12. The Hall–Kier alpha value is -2.39. The van der Waals surface area contributed by atoms with Crippen LogP contribution in [0.5, 0.6) is 0 Å². The van der Waals surface area contributed by atoms with E-state index in [-0.39, 0.29) is 24.5 Å². The molecule has 0 bridgehead atoms. The molecule has 1 saturated heterocycles. The van der Waals surface area contributed by atoms with Gasteiger partial charge in [-0.1, -0.05) is 0 Å². The van der Waals surface area contributed by atoms with Crippen LogP contribution in [0.2, 0.25) is 0 Å². The van der Waals surface area contributed by atoms with Gasteiger partial charge in [0, 0.05) is 43.4 Å². The number of hydrogen-bond acceptors (Lipinski definition) is 6. The van der Waals surface area contributed by atoms with Gasteiger partial charge in [-0.3, -0.25) is 9.36 Å². The first-order chi connectivity index (χ1) is 13.8. The van der Waals surface area contributed by atoms with Crippen LogP contribution in [0.15, 0.2) is 21.7 Å². The molecule has 0 radical (unpaired) electrons. The molecule has 2 aromatic rings. The van der Waals surface area contributed by atoms with Crippen molar-refractivity contribution in [1.82, 2.24) is 9.24 Å². The molecule has 4 N–H and O–H groups in total. The first-order valence-corrected chi connectivity index (χ1v) is 10.1. The van der Waals surface area contributed by atoms with Crippen LogP contribution in [0.4, 0.5) is 10.1 Å². The van der Waals surface area contributed by atoms with Gasteiger partial charge < -0.3 is 21.2 Å². The van der Waals surface area contributed by atoms with Crippen LogP contribution in [0.1, 0.15) is 31.4 Å². The minimum absolute atomic E-state index is 0.0502. The van der Waals surface area contributed by atoms with Crippen LogP contribution >= 0.6 is 0 Å². The molecule has 3 atom stereocenters. The number of aryl methyl sites for hydroxylation is 1. The topological polar surface area (TPSA) is 109 Å². The number of nitrogens with zero attached hydrogens (tertiary/aromatic N) is 3. The highest BCUT2D eigenvalue weighted by Crippen LogP contribution is 2.38. The summed E-state index contributed by atoms with van der Waals surface area (Å²) in [5, 5.41) is 0.404. The van der Waals surface area contributed by atoms with E-state index in [1.54, 1.807) is 10.6 Å². The maximum atomic E-state index is 14.7. The summed E-state index contributed by atoms with van der Waals surface area (Å²) in [6, 6.07) is 3.16. The van der Waals surface area contributed by atoms with Crippen molar-refractivity contribution in [2.45, 2.75) is 44.9 Å². The largest absolute Gasteiger partial charge is 0.380 e. The summed E-state index contributed by atoms with van der Waals surface area (Å²) in [5.74, 6) is 5.39. The maximum absolute atomic E-state index is 14.7. The highest BCUT2D eigenvalue weighted by Gasteiger charge is 2.38. The van der Waals surface area contributed by atoms with Crippen molar-refractivity contribution in [2.75, 3.05) is 37.0 Å². The summed E-state index contributed by atoms with van der Waals surface area (Å²) in [7, 11) is 0. The molecule has 2 aliphatic rings. The second-order valence-corrected chi connectivity index (χ2v) is 8.07. The number of fused-ring (bicyclic) bond motifs is 1. The number of halogens is 1. The van der Waals surface area contributed by atoms with Crippen LogP contribution in [0, 0.1) is 12.8 Å². The average molecular weight is 405 g/mol. The molecule has 2 heterocycles. The number of ether oxygens (including phenoxy) is 1. The summed E-state index contributed by atoms with van der Waals surface area (Å²) in [6.07, 6.45) is 0.687. The molecular formula is C20H28FN5O3. The van der Waals surface area contributed by atoms with Gasteiger partial charge in [-0.05, 0) is 44.4 Å². The molecule has 0 unspecified atom stereocenters. The number of nitrogens with two attached hydrogens (primary N) is 2. The van der Waals surface area contributed by atoms with Gasteiger partial charge >= 0.3 is 5.69 Å². The third-order valence-corrected chi connectivity index (χ3v) is 6.11. The molecule has 29 heavy (non-hydrogen) atoms. The Bertz CT molecular complexity index is 1050. The molecular weight excluding hydrogens is 377 g/mol. The van der Waals surface area contributed by atoms with Gasteiger partial charge in [-0.2, -0.15) is 4.68 Å². The van der Waals surface area contributed by atoms with E-state index in [1.807, 2.05) is 24.8 Å². The Labute approximate surface area is 167 Å². The Morgan fingerprint density at radius 2 is 2.00 bits per heavy atom. The van der Waals surface area contributed by atoms with Gasteiger partial charge in [0.1, 0.15) is 6.17 Å². The number of hydrogen-bond donors (Lipinski definition) is 2. The van der Waals surface area contributed by atoms with Crippen molar-refractivity contribution in [3.05, 3.63) is 38.5 Å². The molecule has 1 saturated carbocycles. The molecule has 1 aromatic carbocycles. The summed E-state index contributed by atoms with van der Waals surface area (Å²) >= 11 is 0. The fourth-order valence-electron chi connectivity index (χ4n) is 4.38. The van der Waals surface area contributed by atoms with E-state index in [4.69, 9.17) is 16.3 Å². The molecule has 9 heteroatoms. The highest BCUT2D eigenvalue weighted by molar-refractivity contribution is 5.87. The van der Waals surface area contributed by atoms with Crippen LogP contribution in [0.25, 0.3) is 10.9 Å². The fraction of sp³-hybridized carbons (Fsp3) is 0.600. The number of nitrogen functional groups attached to an aromatic ring is 1. The molecule has 1 aliphatic carbocycles. The number of benzene rings is 1. The number of rotatable bonds is 6. The monoisotopic (exact) mass is 405 g/mol. The fourth-order valence-corrected chi connectivity index (χ4v) is 4.38. The summed E-state index contributed by atoms with van der Waals surface area (Å²) in [5.41, 5.74) is 7.33. The van der Waals surface area contributed by atoms with Gasteiger partial charge in [0.25, 0.3) is 5.56 Å². The van der Waals surface area contributed by atoms with Gasteiger partial charge in [-0.15, -0.1) is 0 Å². The van der Waals surface area contributed by atoms with E-state index in [2.05, 4.69) is 0 Å². The van der Waals surface area contributed by atoms with Crippen LogP contribution < -0.4 is 27.7 Å². The lowest BCUT2D eigenvalue weighted by Crippen LogP contribution is -2.44. The van der Waals surface area contributed by atoms with Crippen LogP contribution in [0.3, 0.4) is 0 Å². The predicted molar refractivity (Wildman–Crippen MR) is 111 cm³/mol. The number of aromatic nitrogens is 2. The highest BCUT2D eigenvalue weighted by atomic mass is 19.1. The minimum Gasteiger partial charge on any atom is -0.380 e. The SMILES string of the molecule is CCOC[C@@H](N)[C@H]1CN(c2ccc3c(=O)n(N)c(=O)n(C4CC4)c3c2C)C[C@@H]1F. The van der Waals surface area contributed by atoms with Crippen molar-refractivity contribution >= 4 is 16.6 Å². The van der Waals surface area contributed by atoms with E-state index < -0.39 is 17.4 Å². The Morgan fingerprint density at radius 3 is 2.66 bits per heavy atom. The molecule has 1 aliphatic heterocycles. The van der Waals surface area contributed by atoms with E-state index in [1.165, 1.54) is 0 Å². The standard InChI is InChI=1S/C20H28FN5O3/c1-3-29-10-16(22)14-8-24(9-15(14)21)17-7-6-13-18(11(17)2)25(12-4-5-12)20(28)26(23)19(13)27/h6-7,12,14-16H,3-5,8-10,22-23H2,1-2H3/t14-,15-,16+/m0/s1. The van der Waals surface area contributed by atoms with Crippen LogP contribution in [-0.4, -0.2) is 47.8 Å². The summed E-state index contributed by atoms with van der Waals surface area (Å²) in [6.45, 7) is 5.30. The van der Waals surface area contributed by atoms with Gasteiger partial charge in [-0.25, -0.2) is 9.18 Å². The van der Waals surface area contributed by atoms with Crippen molar-refractivity contribution in [1.29, 1.82) is 0 Å². The lowest BCUT2D eigenvalue weighted by molar-refractivity contribution is 0.105. The normalized spacial score (nSPS) is 23.1. The maximum Gasteiger partial charge on any atom is 0.350 e. The Morgan fingerprint density at radius 1 is 1.28 bits per heavy atom. The molecule has 0 spiro atoms. The zero-order valence-corrected chi connectivity index (χ0v) is 16.8. The zero-order chi connectivity index (χ0) is 20.9. The van der Waals surface area contributed by atoms with Gasteiger partial charge in [0.15, 0.2) is 0 Å². The van der Waals surface area contributed by atoms with Gasteiger partial charge in [0.05, 0.1) is 17.5 Å². The minimum atomic E-state index is -1.07. The van der Waals surface area contributed by atoms with Crippen molar-refractivity contribution < 1.29 is 9.13 Å². The summed E-state index contributed by atoms with van der Waals surface area (Å²) < 4.78 is 22.4. The summed E-state index contributed by atoms with van der Waals surface area (Å²) in [4.78, 5) is 27.2. The second-order valence-electron chi connectivity index (χ2n) is 8.07. The molecule has 2 fully saturated rings.